The highest BCUT2D eigenvalue weighted by Gasteiger charge is 2.34. The minimum atomic E-state index is -0.942. The zero-order valence-corrected chi connectivity index (χ0v) is 12.1. The Labute approximate surface area is 121 Å². The van der Waals surface area contributed by atoms with E-state index >= 15 is 0 Å². The molecule has 1 saturated heterocycles. The van der Waals surface area contributed by atoms with Crippen LogP contribution < -0.4 is 4.74 Å². The van der Waals surface area contributed by atoms with Crippen molar-refractivity contribution in [2.45, 2.75) is 19.4 Å². The van der Waals surface area contributed by atoms with Gasteiger partial charge in [-0.15, -0.1) is 11.8 Å². The summed E-state index contributed by atoms with van der Waals surface area (Å²) in [6.45, 7) is 2.20. The second kappa shape index (κ2) is 6.65. The summed E-state index contributed by atoms with van der Waals surface area (Å²) in [7, 11) is 0. The van der Waals surface area contributed by atoms with Crippen molar-refractivity contribution in [2.75, 3.05) is 18.2 Å². The average Bonchev–Trinajstić information content (AvgIpc) is 2.90. The number of para-hydroxylation sites is 1. The van der Waals surface area contributed by atoms with Crippen LogP contribution in [-0.4, -0.2) is 46.2 Å². The molecule has 1 fully saturated rings. The van der Waals surface area contributed by atoms with Crippen LogP contribution in [0.5, 0.6) is 5.75 Å². The van der Waals surface area contributed by atoms with Gasteiger partial charge in [-0.3, -0.25) is 4.79 Å². The van der Waals surface area contributed by atoms with E-state index in [-0.39, 0.29) is 18.9 Å². The molecule has 1 amide bonds. The van der Waals surface area contributed by atoms with Crippen LogP contribution in [0.4, 0.5) is 0 Å². The molecule has 2 rings (SSSR count). The number of amides is 1. The van der Waals surface area contributed by atoms with Gasteiger partial charge in [0.15, 0.2) is 0 Å². The number of carbonyl (C=O) groups excluding carboxylic acids is 1. The maximum Gasteiger partial charge on any atom is 0.327 e. The summed E-state index contributed by atoms with van der Waals surface area (Å²) >= 11 is 1.46. The molecular weight excluding hydrogens is 278 g/mol. The highest BCUT2D eigenvalue weighted by molar-refractivity contribution is 7.99. The molecule has 1 heterocycles. The van der Waals surface area contributed by atoms with Gasteiger partial charge in [0.1, 0.15) is 11.8 Å². The number of nitrogens with zero attached hydrogens (tertiary/aromatic N) is 1. The van der Waals surface area contributed by atoms with Crippen molar-refractivity contribution < 1.29 is 19.4 Å². The summed E-state index contributed by atoms with van der Waals surface area (Å²) in [6, 6.07) is 6.89. The quantitative estimate of drug-likeness (QED) is 0.896. The highest BCUT2D eigenvalue weighted by Crippen LogP contribution is 2.22. The summed E-state index contributed by atoms with van der Waals surface area (Å²) in [5, 5.41) is 9.03. The predicted molar refractivity (Wildman–Crippen MR) is 76.9 cm³/mol. The van der Waals surface area contributed by atoms with E-state index in [2.05, 4.69) is 0 Å². The molecule has 1 aromatic rings. The Bertz CT molecular complexity index is 506. The van der Waals surface area contributed by atoms with Crippen LogP contribution in [0.15, 0.2) is 24.3 Å². The number of hydrogen-bond donors (Lipinski definition) is 1. The first-order valence-electron chi connectivity index (χ1n) is 6.38. The maximum absolute atomic E-state index is 12.0. The number of carboxylic acids is 1. The third-order valence-electron chi connectivity index (χ3n) is 3.15. The molecule has 0 aliphatic carbocycles. The fraction of sp³-hybridized carbons (Fsp3) is 0.429. The van der Waals surface area contributed by atoms with Gasteiger partial charge in [-0.2, -0.15) is 0 Å². The molecule has 5 nitrogen and oxygen atoms in total. The second-order valence-corrected chi connectivity index (χ2v) is 5.58. The number of aryl methyl sites for hydroxylation is 1. The van der Waals surface area contributed by atoms with E-state index in [1.54, 1.807) is 0 Å². The van der Waals surface area contributed by atoms with Gasteiger partial charge in [0.2, 0.25) is 5.91 Å². The molecule has 0 bridgehead atoms. The van der Waals surface area contributed by atoms with Crippen molar-refractivity contribution in [3.05, 3.63) is 29.8 Å². The number of ether oxygens (including phenoxy) is 1. The summed E-state index contributed by atoms with van der Waals surface area (Å²) in [5.41, 5.74) is 1.01. The molecule has 0 aromatic heterocycles. The lowest BCUT2D eigenvalue weighted by Crippen LogP contribution is -2.42. The average molecular weight is 295 g/mol. The first-order chi connectivity index (χ1) is 9.59. The molecule has 0 spiro atoms. The molecule has 0 saturated carbocycles. The van der Waals surface area contributed by atoms with Gasteiger partial charge in [-0.05, 0) is 18.6 Å². The smallest absolute Gasteiger partial charge is 0.327 e. The van der Waals surface area contributed by atoms with Crippen LogP contribution in [0.2, 0.25) is 0 Å². The number of aliphatic carboxylic acids is 1. The zero-order chi connectivity index (χ0) is 14.5. The Balaban J connectivity index is 1.84. The van der Waals surface area contributed by atoms with Gasteiger partial charge in [0, 0.05) is 5.75 Å². The molecular formula is C14H17NO4S. The fourth-order valence-corrected chi connectivity index (χ4v) is 3.18. The topological polar surface area (TPSA) is 66.8 Å². The lowest BCUT2D eigenvalue weighted by atomic mass is 10.2. The predicted octanol–water partition coefficient (Wildman–Crippen LogP) is 1.75. The van der Waals surface area contributed by atoms with Gasteiger partial charge in [-0.25, -0.2) is 4.79 Å². The normalized spacial score (nSPS) is 18.1. The van der Waals surface area contributed by atoms with Crippen molar-refractivity contribution in [1.82, 2.24) is 4.90 Å². The number of carboxylic acid groups (broad SMARTS) is 1. The Morgan fingerprint density at radius 2 is 2.20 bits per heavy atom. The SMILES string of the molecule is Cc1ccccc1OCCC(=O)N1CSC[C@H]1C(=O)O. The van der Waals surface area contributed by atoms with Crippen LogP contribution >= 0.6 is 11.8 Å². The molecule has 1 aromatic carbocycles. The Hall–Kier alpha value is -1.69. The lowest BCUT2D eigenvalue weighted by Gasteiger charge is -2.20. The molecule has 108 valence electrons. The zero-order valence-electron chi connectivity index (χ0n) is 11.2. The van der Waals surface area contributed by atoms with E-state index in [4.69, 9.17) is 9.84 Å². The van der Waals surface area contributed by atoms with Gasteiger partial charge in [0.05, 0.1) is 18.9 Å². The number of benzene rings is 1. The molecule has 1 N–H and O–H groups in total. The monoisotopic (exact) mass is 295 g/mol. The van der Waals surface area contributed by atoms with Crippen molar-refractivity contribution in [2.24, 2.45) is 0 Å². The molecule has 1 aliphatic heterocycles. The van der Waals surface area contributed by atoms with Crippen molar-refractivity contribution in [3.8, 4) is 5.75 Å². The molecule has 0 radical (unpaired) electrons. The molecule has 0 unspecified atom stereocenters. The maximum atomic E-state index is 12.0. The Morgan fingerprint density at radius 1 is 1.45 bits per heavy atom. The van der Waals surface area contributed by atoms with E-state index < -0.39 is 12.0 Å². The van der Waals surface area contributed by atoms with Crippen molar-refractivity contribution in [1.29, 1.82) is 0 Å². The van der Waals surface area contributed by atoms with Crippen molar-refractivity contribution >= 4 is 23.6 Å². The van der Waals surface area contributed by atoms with E-state index in [0.717, 1.165) is 11.3 Å². The standard InChI is InChI=1S/C14H17NO4S/c1-10-4-2-3-5-12(10)19-7-6-13(16)15-9-20-8-11(15)14(17)18/h2-5,11H,6-9H2,1H3,(H,17,18)/t11-/m0/s1. The second-order valence-electron chi connectivity index (χ2n) is 4.58. The molecule has 6 heteroatoms. The van der Waals surface area contributed by atoms with Gasteiger partial charge in [-0.1, -0.05) is 18.2 Å². The first-order valence-corrected chi connectivity index (χ1v) is 7.53. The van der Waals surface area contributed by atoms with Crippen LogP contribution in [0.25, 0.3) is 0 Å². The summed E-state index contributed by atoms with van der Waals surface area (Å²) < 4.78 is 5.56. The molecule has 20 heavy (non-hydrogen) atoms. The van der Waals surface area contributed by atoms with Crippen LogP contribution in [0.1, 0.15) is 12.0 Å². The highest BCUT2D eigenvalue weighted by atomic mass is 32.2. The van der Waals surface area contributed by atoms with E-state index in [9.17, 15) is 9.59 Å². The van der Waals surface area contributed by atoms with E-state index in [1.807, 2.05) is 31.2 Å². The minimum Gasteiger partial charge on any atom is -0.493 e. The van der Waals surface area contributed by atoms with Crippen molar-refractivity contribution in [3.63, 3.8) is 0 Å². The first kappa shape index (κ1) is 14.7. The van der Waals surface area contributed by atoms with Gasteiger partial charge < -0.3 is 14.7 Å². The van der Waals surface area contributed by atoms with Gasteiger partial charge in [0.25, 0.3) is 0 Å². The fourth-order valence-electron chi connectivity index (χ4n) is 2.00. The number of rotatable bonds is 5. The summed E-state index contributed by atoms with van der Waals surface area (Å²) in [5.74, 6) is 0.546. The Kier molecular flexibility index (Phi) is 4.89. The molecule has 1 aliphatic rings. The molecule has 1 atom stereocenters. The van der Waals surface area contributed by atoms with Crippen LogP contribution in [0, 0.1) is 6.92 Å². The third kappa shape index (κ3) is 3.45. The summed E-state index contributed by atoms with van der Waals surface area (Å²) in [4.78, 5) is 24.4. The van der Waals surface area contributed by atoms with Crippen LogP contribution in [-0.2, 0) is 9.59 Å². The van der Waals surface area contributed by atoms with E-state index in [0.29, 0.717) is 11.6 Å². The number of thioether (sulfide) groups is 1. The van der Waals surface area contributed by atoms with Gasteiger partial charge >= 0.3 is 5.97 Å². The number of carbonyl (C=O) groups is 2. The minimum absolute atomic E-state index is 0.170. The third-order valence-corrected chi connectivity index (χ3v) is 4.17. The Morgan fingerprint density at radius 3 is 2.90 bits per heavy atom. The number of hydrogen-bond acceptors (Lipinski definition) is 4. The largest absolute Gasteiger partial charge is 0.493 e. The lowest BCUT2D eigenvalue weighted by molar-refractivity contribution is -0.147. The van der Waals surface area contributed by atoms with E-state index in [1.165, 1.54) is 16.7 Å². The van der Waals surface area contributed by atoms with Crippen LogP contribution in [0.3, 0.4) is 0 Å². The summed E-state index contributed by atoms with van der Waals surface area (Å²) in [6.07, 6.45) is 0.193.